The Hall–Kier alpha value is -2.89. The highest BCUT2D eigenvalue weighted by Gasteiger charge is 2.16. The highest BCUT2D eigenvalue weighted by atomic mass is 16.5. The lowest BCUT2D eigenvalue weighted by molar-refractivity contribution is -0.116. The zero-order chi connectivity index (χ0) is 17.5. The van der Waals surface area contributed by atoms with Crippen LogP contribution in [0.1, 0.15) is 6.92 Å². The predicted molar refractivity (Wildman–Crippen MR) is 94.3 cm³/mol. The molecule has 0 aromatic heterocycles. The first-order valence-corrected chi connectivity index (χ1v) is 7.51. The second kappa shape index (κ2) is 8.10. The Morgan fingerprint density at radius 1 is 0.917 bits per heavy atom. The minimum atomic E-state index is -0.475. The van der Waals surface area contributed by atoms with Gasteiger partial charge in [0.2, 0.25) is 5.91 Å². The maximum atomic E-state index is 12.4. The summed E-state index contributed by atoms with van der Waals surface area (Å²) in [5, 5.41) is 5.99. The monoisotopic (exact) mass is 330 g/mol. The van der Waals surface area contributed by atoms with Crippen LogP contribution in [0.4, 0.5) is 11.4 Å². The highest BCUT2D eigenvalue weighted by molar-refractivity contribution is 5.97. The maximum Gasteiger partial charge on any atom is 0.246 e. The fourth-order valence-corrected chi connectivity index (χ4v) is 2.21. The molecule has 2 rings (SSSR count). The fourth-order valence-electron chi connectivity index (χ4n) is 2.21. The summed E-state index contributed by atoms with van der Waals surface area (Å²) < 4.78 is 15.7. The molecule has 0 radical (unpaired) electrons. The molecule has 0 saturated heterocycles. The number of hydrogen-bond acceptors (Lipinski definition) is 5. The Bertz CT molecular complexity index is 703. The van der Waals surface area contributed by atoms with Crippen molar-refractivity contribution in [3.05, 3.63) is 42.5 Å². The van der Waals surface area contributed by atoms with Gasteiger partial charge in [-0.15, -0.1) is 0 Å². The lowest BCUT2D eigenvalue weighted by Gasteiger charge is -2.18. The van der Waals surface area contributed by atoms with Crippen LogP contribution in [0.15, 0.2) is 42.5 Å². The van der Waals surface area contributed by atoms with E-state index < -0.39 is 6.04 Å². The summed E-state index contributed by atoms with van der Waals surface area (Å²) in [6, 6.07) is 12.2. The van der Waals surface area contributed by atoms with Gasteiger partial charge in [-0.25, -0.2) is 0 Å². The predicted octanol–water partition coefficient (Wildman–Crippen LogP) is 3.15. The molecule has 128 valence electrons. The van der Waals surface area contributed by atoms with Crippen LogP contribution in [0, 0.1) is 0 Å². The quantitative estimate of drug-likeness (QED) is 0.816. The van der Waals surface area contributed by atoms with Gasteiger partial charge in [-0.05, 0) is 31.2 Å². The van der Waals surface area contributed by atoms with E-state index in [0.29, 0.717) is 28.6 Å². The summed E-state index contributed by atoms with van der Waals surface area (Å²) in [6.45, 7) is 1.77. The Labute approximate surface area is 141 Å². The van der Waals surface area contributed by atoms with Crippen molar-refractivity contribution in [2.75, 3.05) is 32.0 Å². The van der Waals surface area contributed by atoms with E-state index in [1.165, 1.54) is 0 Å². The number of carbonyl (C=O) groups is 1. The fraction of sp³-hybridized carbons (Fsp3) is 0.278. The van der Waals surface area contributed by atoms with Crippen LogP contribution in [0.5, 0.6) is 17.2 Å². The smallest absolute Gasteiger partial charge is 0.246 e. The molecule has 0 spiro atoms. The lowest BCUT2D eigenvalue weighted by atomic mass is 10.2. The molecule has 0 unspecified atom stereocenters. The van der Waals surface area contributed by atoms with Gasteiger partial charge in [-0.3, -0.25) is 4.79 Å². The Balaban J connectivity index is 2.09. The normalized spacial score (nSPS) is 11.3. The van der Waals surface area contributed by atoms with E-state index in [0.717, 1.165) is 0 Å². The first-order valence-electron chi connectivity index (χ1n) is 7.51. The number of amides is 1. The number of para-hydroxylation sites is 2. The molecule has 2 aromatic rings. The zero-order valence-electron chi connectivity index (χ0n) is 14.3. The van der Waals surface area contributed by atoms with Gasteiger partial charge in [0, 0.05) is 6.07 Å². The molecule has 6 nitrogen and oxygen atoms in total. The number of carbonyl (C=O) groups excluding carboxylic acids is 1. The molecule has 0 heterocycles. The van der Waals surface area contributed by atoms with E-state index in [-0.39, 0.29) is 5.91 Å². The van der Waals surface area contributed by atoms with Gasteiger partial charge in [0.25, 0.3) is 0 Å². The van der Waals surface area contributed by atoms with Gasteiger partial charge in [-0.2, -0.15) is 0 Å². The number of hydrogen-bond donors (Lipinski definition) is 2. The molecule has 0 aliphatic carbocycles. The molecular weight excluding hydrogens is 308 g/mol. The van der Waals surface area contributed by atoms with Crippen molar-refractivity contribution in [2.24, 2.45) is 0 Å². The van der Waals surface area contributed by atoms with E-state index in [9.17, 15) is 4.79 Å². The molecule has 6 heteroatoms. The third-order valence-electron chi connectivity index (χ3n) is 3.54. The highest BCUT2D eigenvalue weighted by Crippen LogP contribution is 2.30. The third kappa shape index (κ3) is 4.10. The van der Waals surface area contributed by atoms with Crippen LogP contribution >= 0.6 is 0 Å². The maximum absolute atomic E-state index is 12.4. The molecule has 0 bridgehead atoms. The SMILES string of the molecule is COc1ccc(N[C@H](C)C(=O)Nc2ccccc2OC)c(OC)c1. The molecule has 2 aromatic carbocycles. The standard InChI is InChI=1S/C18H22N2O4/c1-12(18(21)20-14-7-5-6-8-16(14)23-3)19-15-10-9-13(22-2)11-17(15)24-4/h5-12,19H,1-4H3,(H,20,21)/t12-/m1/s1. The molecule has 0 aliphatic heterocycles. The number of ether oxygens (including phenoxy) is 3. The average Bonchev–Trinajstić information content (AvgIpc) is 2.62. The molecule has 2 N–H and O–H groups in total. The molecule has 0 fully saturated rings. The van der Waals surface area contributed by atoms with Crippen LogP contribution in [0.25, 0.3) is 0 Å². The van der Waals surface area contributed by atoms with Crippen molar-refractivity contribution in [3.63, 3.8) is 0 Å². The van der Waals surface area contributed by atoms with Crippen molar-refractivity contribution < 1.29 is 19.0 Å². The average molecular weight is 330 g/mol. The number of methoxy groups -OCH3 is 3. The van der Waals surface area contributed by atoms with Gasteiger partial charge in [0.05, 0.1) is 32.7 Å². The number of rotatable bonds is 7. The van der Waals surface area contributed by atoms with E-state index >= 15 is 0 Å². The number of nitrogens with one attached hydrogen (secondary N) is 2. The summed E-state index contributed by atoms with van der Waals surface area (Å²) in [6.07, 6.45) is 0. The van der Waals surface area contributed by atoms with E-state index in [1.807, 2.05) is 18.2 Å². The summed E-state index contributed by atoms with van der Waals surface area (Å²) in [5.74, 6) is 1.72. The van der Waals surface area contributed by atoms with Gasteiger partial charge >= 0.3 is 0 Å². The van der Waals surface area contributed by atoms with E-state index in [2.05, 4.69) is 10.6 Å². The lowest BCUT2D eigenvalue weighted by Crippen LogP contribution is -2.32. The van der Waals surface area contributed by atoms with Gasteiger partial charge in [-0.1, -0.05) is 12.1 Å². The molecule has 0 saturated carbocycles. The molecular formula is C18H22N2O4. The van der Waals surface area contributed by atoms with Crippen molar-refractivity contribution in [3.8, 4) is 17.2 Å². The van der Waals surface area contributed by atoms with Gasteiger partial charge in [0.15, 0.2) is 0 Å². The molecule has 1 amide bonds. The van der Waals surface area contributed by atoms with Crippen molar-refractivity contribution >= 4 is 17.3 Å². The van der Waals surface area contributed by atoms with Crippen LogP contribution in [0.2, 0.25) is 0 Å². The number of anilines is 2. The van der Waals surface area contributed by atoms with Crippen LogP contribution < -0.4 is 24.8 Å². The first kappa shape index (κ1) is 17.5. The summed E-state index contributed by atoms with van der Waals surface area (Å²) in [4.78, 5) is 12.4. The van der Waals surface area contributed by atoms with Crippen molar-refractivity contribution in [1.82, 2.24) is 0 Å². The summed E-state index contributed by atoms with van der Waals surface area (Å²) in [5.41, 5.74) is 1.33. The molecule has 1 atom stereocenters. The second-order valence-electron chi connectivity index (χ2n) is 5.12. The van der Waals surface area contributed by atoms with E-state index in [1.54, 1.807) is 52.5 Å². The van der Waals surface area contributed by atoms with Gasteiger partial charge < -0.3 is 24.8 Å². The van der Waals surface area contributed by atoms with Gasteiger partial charge in [0.1, 0.15) is 23.3 Å². The second-order valence-corrected chi connectivity index (χ2v) is 5.12. The molecule has 0 aliphatic rings. The van der Waals surface area contributed by atoms with Crippen LogP contribution in [-0.4, -0.2) is 33.3 Å². The zero-order valence-corrected chi connectivity index (χ0v) is 14.3. The first-order chi connectivity index (χ1) is 11.6. The minimum Gasteiger partial charge on any atom is -0.497 e. The summed E-state index contributed by atoms with van der Waals surface area (Å²) >= 11 is 0. The van der Waals surface area contributed by atoms with Crippen LogP contribution in [0.3, 0.4) is 0 Å². The minimum absolute atomic E-state index is 0.183. The Morgan fingerprint density at radius 3 is 2.29 bits per heavy atom. The topological polar surface area (TPSA) is 68.8 Å². The largest absolute Gasteiger partial charge is 0.497 e. The number of benzene rings is 2. The van der Waals surface area contributed by atoms with Crippen molar-refractivity contribution in [2.45, 2.75) is 13.0 Å². The summed E-state index contributed by atoms with van der Waals surface area (Å²) in [7, 11) is 4.72. The Morgan fingerprint density at radius 2 is 1.62 bits per heavy atom. The van der Waals surface area contributed by atoms with Crippen molar-refractivity contribution in [1.29, 1.82) is 0 Å². The Kier molecular flexibility index (Phi) is 5.89. The van der Waals surface area contributed by atoms with E-state index in [4.69, 9.17) is 14.2 Å². The molecule has 24 heavy (non-hydrogen) atoms. The third-order valence-corrected chi connectivity index (χ3v) is 3.54. The van der Waals surface area contributed by atoms with Crippen LogP contribution in [-0.2, 0) is 4.79 Å².